The lowest BCUT2D eigenvalue weighted by atomic mass is 10.0. The summed E-state index contributed by atoms with van der Waals surface area (Å²) in [6, 6.07) is 16.4. The summed E-state index contributed by atoms with van der Waals surface area (Å²) in [4.78, 5) is 12.1. The minimum absolute atomic E-state index is 0.0764. The molecule has 28 heavy (non-hydrogen) atoms. The molecule has 4 rings (SSSR count). The van der Waals surface area contributed by atoms with Gasteiger partial charge in [0.15, 0.2) is 5.82 Å². The third kappa shape index (κ3) is 3.80. The van der Waals surface area contributed by atoms with Crippen LogP contribution in [0.25, 0.3) is 22.5 Å². The first-order valence-corrected chi connectivity index (χ1v) is 10.1. The molecule has 6 heteroatoms. The Labute approximate surface area is 169 Å². The molecule has 2 aromatic carbocycles. The van der Waals surface area contributed by atoms with Crippen molar-refractivity contribution in [1.82, 2.24) is 20.1 Å². The van der Waals surface area contributed by atoms with E-state index >= 15 is 0 Å². The highest BCUT2D eigenvalue weighted by molar-refractivity contribution is 6.30. The molecule has 1 aliphatic rings. The van der Waals surface area contributed by atoms with Crippen LogP contribution in [0.5, 0.6) is 0 Å². The van der Waals surface area contributed by atoms with E-state index < -0.39 is 0 Å². The standard InChI is InChI=1S/C22H23ClN4O/c1-2-24-22(28)18-9-12-20(13-18)27-14-25-26-21(27)17-5-3-15(4-6-17)16-7-10-19(23)11-8-16/h3-8,10-11,14,18,20H,2,9,12-13H2,1H3,(H,24,28). The summed E-state index contributed by atoms with van der Waals surface area (Å²) in [5.74, 6) is 1.09. The number of hydrogen-bond donors (Lipinski definition) is 1. The number of rotatable bonds is 5. The third-order valence-corrected chi connectivity index (χ3v) is 5.67. The monoisotopic (exact) mass is 394 g/mol. The van der Waals surface area contributed by atoms with Gasteiger partial charge in [0, 0.05) is 29.1 Å². The van der Waals surface area contributed by atoms with Gasteiger partial charge in [-0.05, 0) is 49.4 Å². The number of nitrogens with zero attached hydrogens (tertiary/aromatic N) is 3. The SMILES string of the molecule is CCNC(=O)C1CCC(n2cnnc2-c2ccc(-c3ccc(Cl)cc3)cc2)C1. The molecular weight excluding hydrogens is 372 g/mol. The van der Waals surface area contributed by atoms with E-state index in [9.17, 15) is 4.79 Å². The Balaban J connectivity index is 1.53. The van der Waals surface area contributed by atoms with Crippen molar-refractivity contribution in [3.05, 3.63) is 59.9 Å². The highest BCUT2D eigenvalue weighted by atomic mass is 35.5. The molecule has 2 unspecified atom stereocenters. The molecule has 1 aliphatic carbocycles. The zero-order valence-electron chi connectivity index (χ0n) is 15.8. The second-order valence-electron chi connectivity index (χ2n) is 7.20. The number of hydrogen-bond acceptors (Lipinski definition) is 3. The van der Waals surface area contributed by atoms with Gasteiger partial charge in [-0.1, -0.05) is 48.0 Å². The zero-order valence-corrected chi connectivity index (χ0v) is 16.6. The number of benzene rings is 2. The fourth-order valence-electron chi connectivity index (χ4n) is 3.94. The minimum atomic E-state index is 0.0764. The van der Waals surface area contributed by atoms with Crippen molar-refractivity contribution in [2.75, 3.05) is 6.54 Å². The van der Waals surface area contributed by atoms with Crippen LogP contribution >= 0.6 is 11.6 Å². The van der Waals surface area contributed by atoms with Crippen LogP contribution in [0.15, 0.2) is 54.9 Å². The smallest absolute Gasteiger partial charge is 0.223 e. The summed E-state index contributed by atoms with van der Waals surface area (Å²) in [5, 5.41) is 12.2. The quantitative estimate of drug-likeness (QED) is 0.679. The Morgan fingerprint density at radius 2 is 1.71 bits per heavy atom. The van der Waals surface area contributed by atoms with Crippen molar-refractivity contribution in [3.8, 4) is 22.5 Å². The van der Waals surface area contributed by atoms with Crippen molar-refractivity contribution in [3.63, 3.8) is 0 Å². The summed E-state index contributed by atoms with van der Waals surface area (Å²) < 4.78 is 2.12. The van der Waals surface area contributed by atoms with Gasteiger partial charge in [-0.25, -0.2) is 0 Å². The van der Waals surface area contributed by atoms with Crippen LogP contribution < -0.4 is 5.32 Å². The Morgan fingerprint density at radius 1 is 1.07 bits per heavy atom. The molecule has 0 spiro atoms. The number of carbonyl (C=O) groups is 1. The van der Waals surface area contributed by atoms with Crippen LogP contribution in [0.1, 0.15) is 32.2 Å². The van der Waals surface area contributed by atoms with Gasteiger partial charge in [0.1, 0.15) is 6.33 Å². The first kappa shape index (κ1) is 18.7. The van der Waals surface area contributed by atoms with Crippen LogP contribution in [0.3, 0.4) is 0 Å². The maximum absolute atomic E-state index is 12.1. The van der Waals surface area contributed by atoms with Gasteiger partial charge in [0.25, 0.3) is 0 Å². The summed E-state index contributed by atoms with van der Waals surface area (Å²) in [6.07, 6.45) is 4.49. The maximum atomic E-state index is 12.1. The van der Waals surface area contributed by atoms with E-state index in [1.807, 2.05) is 31.2 Å². The Bertz CT molecular complexity index is 949. The van der Waals surface area contributed by atoms with E-state index in [1.54, 1.807) is 6.33 Å². The molecule has 1 aromatic heterocycles. The number of aromatic nitrogens is 3. The first-order chi connectivity index (χ1) is 13.7. The predicted molar refractivity (Wildman–Crippen MR) is 111 cm³/mol. The molecular formula is C22H23ClN4O. The molecule has 0 radical (unpaired) electrons. The first-order valence-electron chi connectivity index (χ1n) is 9.69. The Kier molecular flexibility index (Phi) is 5.44. The molecule has 0 aliphatic heterocycles. The van der Waals surface area contributed by atoms with Crippen LogP contribution in [-0.2, 0) is 4.79 Å². The van der Waals surface area contributed by atoms with E-state index in [0.29, 0.717) is 6.54 Å². The molecule has 1 amide bonds. The van der Waals surface area contributed by atoms with E-state index in [-0.39, 0.29) is 17.9 Å². The van der Waals surface area contributed by atoms with E-state index in [0.717, 1.165) is 46.8 Å². The molecule has 1 heterocycles. The maximum Gasteiger partial charge on any atom is 0.223 e. The summed E-state index contributed by atoms with van der Waals surface area (Å²) in [6.45, 7) is 2.63. The lowest BCUT2D eigenvalue weighted by Crippen LogP contribution is -2.29. The van der Waals surface area contributed by atoms with Gasteiger partial charge in [0.05, 0.1) is 0 Å². The second-order valence-corrected chi connectivity index (χ2v) is 7.64. The van der Waals surface area contributed by atoms with Crippen LogP contribution in [-0.4, -0.2) is 27.2 Å². The number of nitrogens with one attached hydrogen (secondary N) is 1. The van der Waals surface area contributed by atoms with E-state index in [4.69, 9.17) is 11.6 Å². The van der Waals surface area contributed by atoms with Crippen molar-refractivity contribution >= 4 is 17.5 Å². The fourth-order valence-corrected chi connectivity index (χ4v) is 4.06. The fraction of sp³-hybridized carbons (Fsp3) is 0.318. The Hall–Kier alpha value is -2.66. The van der Waals surface area contributed by atoms with Crippen LogP contribution in [0, 0.1) is 5.92 Å². The lowest BCUT2D eigenvalue weighted by molar-refractivity contribution is -0.124. The van der Waals surface area contributed by atoms with Crippen molar-refractivity contribution in [1.29, 1.82) is 0 Å². The third-order valence-electron chi connectivity index (χ3n) is 5.41. The van der Waals surface area contributed by atoms with Gasteiger partial charge < -0.3 is 9.88 Å². The molecule has 144 valence electrons. The van der Waals surface area contributed by atoms with E-state index in [2.05, 4.69) is 44.3 Å². The minimum Gasteiger partial charge on any atom is -0.356 e. The summed E-state index contributed by atoms with van der Waals surface area (Å²) in [7, 11) is 0. The average Bonchev–Trinajstić information content (AvgIpc) is 3.38. The second kappa shape index (κ2) is 8.15. The van der Waals surface area contributed by atoms with Gasteiger partial charge in [0.2, 0.25) is 5.91 Å². The normalized spacial score (nSPS) is 18.9. The van der Waals surface area contributed by atoms with Gasteiger partial charge >= 0.3 is 0 Å². The van der Waals surface area contributed by atoms with Gasteiger partial charge in [-0.2, -0.15) is 0 Å². The summed E-state index contributed by atoms with van der Waals surface area (Å²) >= 11 is 5.98. The molecule has 1 N–H and O–H groups in total. The lowest BCUT2D eigenvalue weighted by Gasteiger charge is -2.15. The van der Waals surface area contributed by atoms with Crippen molar-refractivity contribution in [2.24, 2.45) is 5.92 Å². The number of carbonyl (C=O) groups excluding carboxylic acids is 1. The highest BCUT2D eigenvalue weighted by Gasteiger charge is 2.31. The van der Waals surface area contributed by atoms with Gasteiger partial charge in [-0.3, -0.25) is 4.79 Å². The molecule has 1 saturated carbocycles. The molecule has 0 saturated heterocycles. The zero-order chi connectivity index (χ0) is 19.5. The number of halogens is 1. The molecule has 1 fully saturated rings. The topological polar surface area (TPSA) is 59.8 Å². The van der Waals surface area contributed by atoms with Gasteiger partial charge in [-0.15, -0.1) is 10.2 Å². The molecule has 0 bridgehead atoms. The van der Waals surface area contributed by atoms with Crippen LogP contribution in [0.2, 0.25) is 5.02 Å². The highest BCUT2D eigenvalue weighted by Crippen LogP contribution is 2.37. The van der Waals surface area contributed by atoms with Crippen LogP contribution in [0.4, 0.5) is 0 Å². The molecule has 3 aromatic rings. The van der Waals surface area contributed by atoms with Crippen molar-refractivity contribution < 1.29 is 4.79 Å². The molecule has 2 atom stereocenters. The molecule has 5 nitrogen and oxygen atoms in total. The largest absolute Gasteiger partial charge is 0.356 e. The van der Waals surface area contributed by atoms with E-state index in [1.165, 1.54) is 0 Å². The van der Waals surface area contributed by atoms with Crippen molar-refractivity contribution in [2.45, 2.75) is 32.2 Å². The number of amides is 1. The Morgan fingerprint density at radius 3 is 2.39 bits per heavy atom. The summed E-state index contributed by atoms with van der Waals surface area (Å²) in [5.41, 5.74) is 3.28. The average molecular weight is 395 g/mol. The predicted octanol–water partition coefficient (Wildman–Crippen LogP) is 4.74.